The van der Waals surface area contributed by atoms with Gasteiger partial charge in [-0.1, -0.05) is 16.8 Å². The van der Waals surface area contributed by atoms with Gasteiger partial charge in [0.05, 0.1) is 13.2 Å². The van der Waals surface area contributed by atoms with Crippen LogP contribution in [-0.2, 0) is 4.74 Å². The van der Waals surface area contributed by atoms with Crippen LogP contribution in [0, 0.1) is 0 Å². The average Bonchev–Trinajstić information content (AvgIpc) is 2.98. The van der Waals surface area contributed by atoms with Crippen molar-refractivity contribution in [1.29, 1.82) is 0 Å². The van der Waals surface area contributed by atoms with Gasteiger partial charge in [-0.15, -0.1) is 0 Å². The van der Waals surface area contributed by atoms with Crippen LogP contribution in [0.2, 0.25) is 5.02 Å². The molecule has 6 nitrogen and oxygen atoms in total. The van der Waals surface area contributed by atoms with Crippen LogP contribution in [0.4, 0.5) is 5.69 Å². The minimum absolute atomic E-state index is 0.127. The minimum Gasteiger partial charge on any atom is -0.476 e. The van der Waals surface area contributed by atoms with Gasteiger partial charge in [0.1, 0.15) is 0 Å². The minimum atomic E-state index is -1.13. The van der Waals surface area contributed by atoms with E-state index in [9.17, 15) is 4.79 Å². The van der Waals surface area contributed by atoms with Crippen molar-refractivity contribution in [3.05, 3.63) is 35.0 Å². The lowest BCUT2D eigenvalue weighted by Gasteiger charge is -2.30. The Labute approximate surface area is 125 Å². The summed E-state index contributed by atoms with van der Waals surface area (Å²) >= 11 is 6.05. The van der Waals surface area contributed by atoms with E-state index in [4.69, 9.17) is 26.0 Å². The molecule has 1 aromatic heterocycles. The van der Waals surface area contributed by atoms with Crippen LogP contribution in [0.1, 0.15) is 10.5 Å². The lowest BCUT2D eigenvalue weighted by molar-refractivity contribution is 0.0686. The Bertz CT molecular complexity index is 665. The molecule has 0 radical (unpaired) electrons. The van der Waals surface area contributed by atoms with Gasteiger partial charge in [-0.25, -0.2) is 4.79 Å². The first-order chi connectivity index (χ1) is 10.1. The third kappa shape index (κ3) is 2.86. The number of halogens is 1. The number of carbonyl (C=O) groups is 1. The Morgan fingerprint density at radius 1 is 1.29 bits per heavy atom. The smallest absolute Gasteiger partial charge is 0.358 e. The Kier molecular flexibility index (Phi) is 3.81. The van der Waals surface area contributed by atoms with Crippen molar-refractivity contribution < 1.29 is 19.2 Å². The number of aromatic nitrogens is 1. The third-order valence-corrected chi connectivity index (χ3v) is 3.54. The van der Waals surface area contributed by atoms with Gasteiger partial charge in [0.25, 0.3) is 0 Å². The van der Waals surface area contributed by atoms with Gasteiger partial charge >= 0.3 is 5.97 Å². The highest BCUT2D eigenvalue weighted by atomic mass is 35.5. The molecular weight excluding hydrogens is 296 g/mol. The molecule has 2 heterocycles. The van der Waals surface area contributed by atoms with E-state index >= 15 is 0 Å². The summed E-state index contributed by atoms with van der Waals surface area (Å²) in [7, 11) is 0. The summed E-state index contributed by atoms with van der Waals surface area (Å²) < 4.78 is 10.5. The summed E-state index contributed by atoms with van der Waals surface area (Å²) in [4.78, 5) is 13.1. The van der Waals surface area contributed by atoms with E-state index in [1.54, 1.807) is 12.1 Å². The van der Waals surface area contributed by atoms with Gasteiger partial charge in [0.15, 0.2) is 11.5 Å². The van der Waals surface area contributed by atoms with E-state index < -0.39 is 5.97 Å². The molecule has 0 unspecified atom stereocenters. The first-order valence-corrected chi connectivity index (χ1v) is 6.85. The summed E-state index contributed by atoms with van der Waals surface area (Å²) in [6.07, 6.45) is 0. The second-order valence-corrected chi connectivity index (χ2v) is 5.08. The summed E-state index contributed by atoms with van der Waals surface area (Å²) in [5.41, 5.74) is 1.53. The standard InChI is InChI=1S/C14H13ClN2O4/c15-9-1-2-12(17-3-5-20-6-4-17)10(7-9)13-8-11(14(18)19)16-21-13/h1-2,7-8H,3-6H2,(H,18,19). The maximum atomic E-state index is 10.9. The number of carboxylic acid groups (broad SMARTS) is 1. The van der Waals surface area contributed by atoms with Crippen LogP contribution in [0.15, 0.2) is 28.8 Å². The highest BCUT2D eigenvalue weighted by Crippen LogP contribution is 2.34. The molecule has 1 aliphatic rings. The SMILES string of the molecule is O=C(O)c1cc(-c2cc(Cl)ccc2N2CCOCC2)on1. The van der Waals surface area contributed by atoms with Gasteiger partial charge in [-0.2, -0.15) is 0 Å². The zero-order chi connectivity index (χ0) is 14.8. The number of rotatable bonds is 3. The fourth-order valence-corrected chi connectivity index (χ4v) is 2.46. The normalized spacial score (nSPS) is 15.2. The molecule has 1 fully saturated rings. The molecule has 1 N–H and O–H groups in total. The monoisotopic (exact) mass is 308 g/mol. The van der Waals surface area contributed by atoms with Gasteiger partial charge < -0.3 is 19.3 Å². The molecule has 7 heteroatoms. The van der Waals surface area contributed by atoms with Crippen LogP contribution in [0.5, 0.6) is 0 Å². The topological polar surface area (TPSA) is 75.8 Å². The van der Waals surface area contributed by atoms with E-state index in [0.29, 0.717) is 24.0 Å². The molecule has 0 saturated carbocycles. The lowest BCUT2D eigenvalue weighted by Crippen LogP contribution is -2.36. The first kappa shape index (κ1) is 13.9. The molecule has 1 aromatic carbocycles. The molecule has 1 aliphatic heterocycles. The van der Waals surface area contributed by atoms with Crippen molar-refractivity contribution in [2.45, 2.75) is 0 Å². The van der Waals surface area contributed by atoms with Gasteiger partial charge in [0, 0.05) is 35.4 Å². The van der Waals surface area contributed by atoms with E-state index in [-0.39, 0.29) is 5.69 Å². The quantitative estimate of drug-likeness (QED) is 0.939. The van der Waals surface area contributed by atoms with E-state index in [1.807, 2.05) is 6.07 Å². The zero-order valence-corrected chi connectivity index (χ0v) is 11.8. The van der Waals surface area contributed by atoms with Gasteiger partial charge in [0.2, 0.25) is 0 Å². The molecule has 0 bridgehead atoms. The number of hydrogen-bond acceptors (Lipinski definition) is 5. The van der Waals surface area contributed by atoms with Crippen molar-refractivity contribution in [3.8, 4) is 11.3 Å². The van der Waals surface area contributed by atoms with E-state index in [2.05, 4.69) is 10.1 Å². The highest BCUT2D eigenvalue weighted by molar-refractivity contribution is 6.31. The van der Waals surface area contributed by atoms with Crippen molar-refractivity contribution in [3.63, 3.8) is 0 Å². The number of anilines is 1. The molecule has 0 aliphatic carbocycles. The number of ether oxygens (including phenoxy) is 1. The molecule has 110 valence electrons. The fourth-order valence-electron chi connectivity index (χ4n) is 2.29. The predicted molar refractivity (Wildman–Crippen MR) is 76.9 cm³/mol. The number of aromatic carboxylic acids is 1. The Morgan fingerprint density at radius 2 is 2.05 bits per heavy atom. The Balaban J connectivity index is 2.02. The first-order valence-electron chi connectivity index (χ1n) is 6.48. The summed E-state index contributed by atoms with van der Waals surface area (Å²) in [6, 6.07) is 6.84. The van der Waals surface area contributed by atoms with Gasteiger partial charge in [-0.05, 0) is 18.2 Å². The molecule has 21 heavy (non-hydrogen) atoms. The molecule has 2 aromatic rings. The summed E-state index contributed by atoms with van der Waals surface area (Å²) in [5, 5.41) is 13.0. The average molecular weight is 309 g/mol. The van der Waals surface area contributed by atoms with Crippen molar-refractivity contribution >= 4 is 23.3 Å². The van der Waals surface area contributed by atoms with E-state index in [0.717, 1.165) is 24.3 Å². The van der Waals surface area contributed by atoms with Crippen molar-refractivity contribution in [1.82, 2.24) is 5.16 Å². The molecular formula is C14H13ClN2O4. The number of morpholine rings is 1. The second-order valence-electron chi connectivity index (χ2n) is 4.64. The molecule has 3 rings (SSSR count). The maximum absolute atomic E-state index is 10.9. The van der Waals surface area contributed by atoms with E-state index in [1.165, 1.54) is 6.07 Å². The van der Waals surface area contributed by atoms with Crippen LogP contribution in [0.3, 0.4) is 0 Å². The maximum Gasteiger partial charge on any atom is 0.358 e. The number of hydrogen-bond donors (Lipinski definition) is 1. The summed E-state index contributed by atoms with van der Waals surface area (Å²) in [6.45, 7) is 2.82. The predicted octanol–water partition coefficient (Wildman–Crippen LogP) is 2.53. The molecule has 0 amide bonds. The molecule has 0 spiro atoms. The summed E-state index contributed by atoms with van der Waals surface area (Å²) in [5.74, 6) is -0.739. The van der Waals surface area contributed by atoms with Crippen LogP contribution in [-0.4, -0.2) is 42.5 Å². The van der Waals surface area contributed by atoms with Crippen LogP contribution < -0.4 is 4.90 Å². The van der Waals surface area contributed by atoms with Gasteiger partial charge in [-0.3, -0.25) is 0 Å². The molecule has 0 atom stereocenters. The number of benzene rings is 1. The highest BCUT2D eigenvalue weighted by Gasteiger charge is 2.20. The van der Waals surface area contributed by atoms with Crippen molar-refractivity contribution in [2.24, 2.45) is 0 Å². The molecule has 1 saturated heterocycles. The zero-order valence-electron chi connectivity index (χ0n) is 11.1. The number of nitrogens with zero attached hydrogens (tertiary/aromatic N) is 2. The lowest BCUT2D eigenvalue weighted by atomic mass is 10.1. The van der Waals surface area contributed by atoms with Crippen LogP contribution in [0.25, 0.3) is 11.3 Å². The van der Waals surface area contributed by atoms with Crippen molar-refractivity contribution in [2.75, 3.05) is 31.2 Å². The number of carboxylic acids is 1. The fraction of sp³-hybridized carbons (Fsp3) is 0.286. The largest absolute Gasteiger partial charge is 0.476 e. The Hall–Kier alpha value is -2.05. The Morgan fingerprint density at radius 3 is 2.71 bits per heavy atom. The van der Waals surface area contributed by atoms with Crippen LogP contribution >= 0.6 is 11.6 Å². The third-order valence-electron chi connectivity index (χ3n) is 3.31. The second kappa shape index (κ2) is 5.75.